The van der Waals surface area contributed by atoms with Gasteiger partial charge in [-0.05, 0) is 48.9 Å². The first-order valence-corrected chi connectivity index (χ1v) is 16.7. The van der Waals surface area contributed by atoms with Gasteiger partial charge in [-0.3, -0.25) is 4.98 Å². The smallest absolute Gasteiger partial charge is 0.112 e. The van der Waals surface area contributed by atoms with Crippen molar-refractivity contribution in [3.63, 3.8) is 0 Å². The fourth-order valence-electron chi connectivity index (χ4n) is 5.02. The molecule has 5 nitrogen and oxygen atoms in total. The second-order valence-corrected chi connectivity index (χ2v) is 12.2. The fraction of sp³-hybridized carbons (Fsp3) is 0.676. The minimum atomic E-state index is -0.134. The Kier molecular flexibility index (Phi) is 16.2. The standard InChI is InChI=1S/C34H53NO4S/c1-5-9-20-36-26-30-31(37-21-10-6-2)32(38-22-11-7-3)33(39-23-12-8-4)34(40-30)28-17-15-16-27(24-28)25-29-18-13-14-19-35-29/h13-19,24,30-34H,5-12,20-23,25-26H2,1-4H3/t30-,31-,32+,33-,34+/m1/s1. The van der Waals surface area contributed by atoms with E-state index in [9.17, 15) is 0 Å². The van der Waals surface area contributed by atoms with Crippen molar-refractivity contribution in [1.29, 1.82) is 0 Å². The SMILES string of the molecule is CCCCOC[C@H]1S[C@@H](c2cccc(Cc3ccccn3)c2)[C@H](OCCCC)[C@@H](OCCCC)[C@@H]1OCCCC. The predicted octanol–water partition coefficient (Wildman–Crippen LogP) is 8.20. The Morgan fingerprint density at radius 1 is 0.700 bits per heavy atom. The Morgan fingerprint density at radius 3 is 2.00 bits per heavy atom. The Morgan fingerprint density at radius 2 is 1.35 bits per heavy atom. The molecule has 0 radical (unpaired) electrons. The Bertz CT molecular complexity index is 914. The van der Waals surface area contributed by atoms with Gasteiger partial charge in [0.25, 0.3) is 0 Å². The molecule has 1 saturated heterocycles. The summed E-state index contributed by atoms with van der Waals surface area (Å²) in [6.45, 7) is 12.5. The number of thioether (sulfide) groups is 1. The van der Waals surface area contributed by atoms with Gasteiger partial charge in [0.2, 0.25) is 0 Å². The summed E-state index contributed by atoms with van der Waals surface area (Å²) < 4.78 is 26.3. The van der Waals surface area contributed by atoms with E-state index in [0.29, 0.717) is 6.61 Å². The quantitative estimate of drug-likeness (QED) is 0.149. The van der Waals surface area contributed by atoms with Gasteiger partial charge in [-0.2, -0.15) is 0 Å². The van der Waals surface area contributed by atoms with Crippen molar-refractivity contribution in [2.24, 2.45) is 0 Å². The third kappa shape index (κ3) is 10.8. The summed E-state index contributed by atoms with van der Waals surface area (Å²) in [5.41, 5.74) is 3.64. The van der Waals surface area contributed by atoms with E-state index in [1.165, 1.54) is 11.1 Å². The lowest BCUT2D eigenvalue weighted by molar-refractivity contribution is -0.149. The number of nitrogens with zero attached hydrogens (tertiary/aromatic N) is 1. The van der Waals surface area contributed by atoms with Crippen molar-refractivity contribution in [2.45, 2.75) is 114 Å². The first kappa shape index (κ1) is 33.1. The monoisotopic (exact) mass is 571 g/mol. The van der Waals surface area contributed by atoms with Crippen molar-refractivity contribution in [3.05, 3.63) is 65.5 Å². The van der Waals surface area contributed by atoms with Gasteiger partial charge in [-0.1, -0.05) is 83.7 Å². The Labute approximate surface area is 248 Å². The van der Waals surface area contributed by atoms with Crippen LogP contribution in [0.5, 0.6) is 0 Å². The molecule has 0 N–H and O–H groups in total. The van der Waals surface area contributed by atoms with Crippen LogP contribution in [0.3, 0.4) is 0 Å². The van der Waals surface area contributed by atoms with E-state index >= 15 is 0 Å². The van der Waals surface area contributed by atoms with Gasteiger partial charge in [-0.15, -0.1) is 11.8 Å². The Hall–Kier alpha value is -1.44. The number of benzene rings is 1. The maximum Gasteiger partial charge on any atom is 0.112 e. The van der Waals surface area contributed by atoms with Crippen LogP contribution in [0.15, 0.2) is 48.7 Å². The molecule has 0 aliphatic carbocycles. The minimum absolute atomic E-state index is 0.0605. The minimum Gasteiger partial charge on any atom is -0.380 e. The highest BCUT2D eigenvalue weighted by molar-refractivity contribution is 8.00. The lowest BCUT2D eigenvalue weighted by atomic mass is 9.94. The van der Waals surface area contributed by atoms with Crippen molar-refractivity contribution in [1.82, 2.24) is 4.98 Å². The summed E-state index contributed by atoms with van der Waals surface area (Å²) in [4.78, 5) is 4.56. The summed E-state index contributed by atoms with van der Waals surface area (Å²) in [5, 5.41) is 0.314. The van der Waals surface area contributed by atoms with Gasteiger partial charge in [-0.25, -0.2) is 0 Å². The van der Waals surface area contributed by atoms with Crippen molar-refractivity contribution >= 4 is 11.8 Å². The van der Waals surface area contributed by atoms with E-state index in [4.69, 9.17) is 18.9 Å². The highest BCUT2D eigenvalue weighted by Crippen LogP contribution is 2.47. The zero-order valence-electron chi connectivity index (χ0n) is 25.4. The van der Waals surface area contributed by atoms with Gasteiger partial charge < -0.3 is 18.9 Å². The largest absolute Gasteiger partial charge is 0.380 e. The maximum atomic E-state index is 6.74. The van der Waals surface area contributed by atoms with E-state index in [-0.39, 0.29) is 28.8 Å². The third-order valence-electron chi connectivity index (χ3n) is 7.37. The lowest BCUT2D eigenvalue weighted by Crippen LogP contribution is -2.55. The highest BCUT2D eigenvalue weighted by atomic mass is 32.2. The highest BCUT2D eigenvalue weighted by Gasteiger charge is 2.48. The topological polar surface area (TPSA) is 49.8 Å². The summed E-state index contributed by atoms with van der Waals surface area (Å²) in [6, 6.07) is 15.1. The molecule has 3 rings (SSSR count). The average Bonchev–Trinajstić information content (AvgIpc) is 2.98. The molecule has 0 saturated carbocycles. The molecule has 6 heteroatoms. The van der Waals surface area contributed by atoms with Gasteiger partial charge in [0.05, 0.1) is 17.1 Å². The zero-order chi connectivity index (χ0) is 28.4. The normalized spacial score (nSPS) is 22.9. The van der Waals surface area contributed by atoms with Crippen LogP contribution in [-0.2, 0) is 25.4 Å². The van der Waals surface area contributed by atoms with Crippen LogP contribution >= 0.6 is 11.8 Å². The second-order valence-electron chi connectivity index (χ2n) is 10.8. The molecule has 0 bridgehead atoms. The summed E-state index contributed by atoms with van der Waals surface area (Å²) in [6.07, 6.45) is 11.1. The molecule has 1 aromatic heterocycles. The summed E-state index contributed by atoms with van der Waals surface area (Å²) in [7, 11) is 0. The van der Waals surface area contributed by atoms with E-state index < -0.39 is 0 Å². The molecule has 1 aliphatic rings. The number of unbranched alkanes of at least 4 members (excludes halogenated alkanes) is 4. The molecule has 224 valence electrons. The Balaban J connectivity index is 1.93. The van der Waals surface area contributed by atoms with Crippen LogP contribution in [0.1, 0.15) is 101 Å². The summed E-state index contributed by atoms with van der Waals surface area (Å²) >= 11 is 1.96. The summed E-state index contributed by atoms with van der Waals surface area (Å²) in [5.74, 6) is 0. The van der Waals surface area contributed by atoms with Crippen LogP contribution in [0.25, 0.3) is 0 Å². The van der Waals surface area contributed by atoms with Crippen LogP contribution in [0.2, 0.25) is 0 Å². The molecule has 2 heterocycles. The molecule has 40 heavy (non-hydrogen) atoms. The predicted molar refractivity (Wildman–Crippen MR) is 167 cm³/mol. The average molecular weight is 572 g/mol. The molecule has 0 amide bonds. The first-order chi connectivity index (χ1) is 19.7. The zero-order valence-corrected chi connectivity index (χ0v) is 26.2. The van der Waals surface area contributed by atoms with E-state index in [1.54, 1.807) is 0 Å². The van der Waals surface area contributed by atoms with Crippen LogP contribution < -0.4 is 0 Å². The molecular formula is C34H53NO4S. The fourth-order valence-corrected chi connectivity index (χ4v) is 6.65. The molecule has 0 spiro atoms. The molecule has 1 aliphatic heterocycles. The number of hydrogen-bond acceptors (Lipinski definition) is 6. The number of pyridine rings is 1. The lowest BCUT2D eigenvalue weighted by Gasteiger charge is -2.46. The number of rotatable bonds is 20. The van der Waals surface area contributed by atoms with Crippen molar-refractivity contribution in [3.8, 4) is 0 Å². The molecule has 2 aromatic rings. The molecular weight excluding hydrogens is 518 g/mol. The van der Waals surface area contributed by atoms with E-state index in [0.717, 1.165) is 89.9 Å². The van der Waals surface area contributed by atoms with Crippen molar-refractivity contribution in [2.75, 3.05) is 33.0 Å². The molecule has 1 fully saturated rings. The van der Waals surface area contributed by atoms with Gasteiger partial charge in [0.1, 0.15) is 18.3 Å². The molecule has 5 atom stereocenters. The van der Waals surface area contributed by atoms with Crippen LogP contribution in [0.4, 0.5) is 0 Å². The first-order valence-electron chi connectivity index (χ1n) is 15.8. The van der Waals surface area contributed by atoms with E-state index in [1.807, 2.05) is 24.0 Å². The second kappa shape index (κ2) is 19.6. The van der Waals surface area contributed by atoms with Gasteiger partial charge in [0, 0.05) is 44.7 Å². The van der Waals surface area contributed by atoms with Gasteiger partial charge >= 0.3 is 0 Å². The number of ether oxygens (including phenoxy) is 4. The van der Waals surface area contributed by atoms with Crippen molar-refractivity contribution < 1.29 is 18.9 Å². The number of aromatic nitrogens is 1. The number of hydrogen-bond donors (Lipinski definition) is 0. The third-order valence-corrected chi connectivity index (χ3v) is 8.96. The van der Waals surface area contributed by atoms with Crippen LogP contribution in [-0.4, -0.2) is 61.6 Å². The molecule has 1 aromatic carbocycles. The van der Waals surface area contributed by atoms with Crippen LogP contribution in [0, 0.1) is 0 Å². The van der Waals surface area contributed by atoms with Gasteiger partial charge in [0.15, 0.2) is 0 Å². The maximum absolute atomic E-state index is 6.74. The van der Waals surface area contributed by atoms with E-state index in [2.05, 4.69) is 69.1 Å². The molecule has 0 unspecified atom stereocenters.